The molecule has 0 aliphatic heterocycles. The van der Waals surface area contributed by atoms with Crippen LogP contribution in [-0.2, 0) is 0 Å². The summed E-state index contributed by atoms with van der Waals surface area (Å²) in [6.07, 6.45) is 0. The maximum atomic E-state index is 12.7. The predicted octanol–water partition coefficient (Wildman–Crippen LogP) is 5.81. The number of nitrogens with zero attached hydrogens (tertiary/aromatic N) is 3. The molecule has 1 N–H and O–H groups in total. The zero-order valence-electron chi connectivity index (χ0n) is 14.7. The molecule has 0 saturated carbocycles. The van der Waals surface area contributed by atoms with Gasteiger partial charge in [-0.2, -0.15) is 9.78 Å². The highest BCUT2D eigenvalue weighted by Crippen LogP contribution is 2.27. The van der Waals surface area contributed by atoms with E-state index in [1.54, 1.807) is 10.7 Å². The van der Waals surface area contributed by atoms with E-state index in [0.717, 1.165) is 20.5 Å². The van der Waals surface area contributed by atoms with Gasteiger partial charge in [-0.25, -0.2) is 4.98 Å². The van der Waals surface area contributed by atoms with Gasteiger partial charge in [-0.1, -0.05) is 35.9 Å². The SMILES string of the molecule is Cc1cc(NC(=O)c2ccccc2I)n(-c2nc(-c3ccc(Cl)cc3)cs2)n1. The van der Waals surface area contributed by atoms with Crippen LogP contribution in [0.15, 0.2) is 60.0 Å². The maximum absolute atomic E-state index is 12.7. The van der Waals surface area contributed by atoms with Gasteiger partial charge >= 0.3 is 0 Å². The first-order valence-corrected chi connectivity index (χ1v) is 10.7. The molecular weight excluding hydrogens is 507 g/mol. The van der Waals surface area contributed by atoms with Crippen molar-refractivity contribution < 1.29 is 4.79 Å². The van der Waals surface area contributed by atoms with E-state index in [4.69, 9.17) is 11.6 Å². The third kappa shape index (κ3) is 3.96. The molecule has 0 spiro atoms. The van der Waals surface area contributed by atoms with Gasteiger partial charge in [-0.05, 0) is 53.8 Å². The van der Waals surface area contributed by atoms with Gasteiger partial charge in [0.15, 0.2) is 0 Å². The van der Waals surface area contributed by atoms with Gasteiger partial charge in [-0.15, -0.1) is 11.3 Å². The quantitative estimate of drug-likeness (QED) is 0.345. The van der Waals surface area contributed by atoms with Crippen molar-refractivity contribution in [3.05, 3.63) is 79.8 Å². The van der Waals surface area contributed by atoms with Gasteiger partial charge in [0.2, 0.25) is 5.13 Å². The molecule has 1 amide bonds. The maximum Gasteiger partial charge on any atom is 0.257 e. The van der Waals surface area contributed by atoms with E-state index in [-0.39, 0.29) is 5.91 Å². The zero-order valence-corrected chi connectivity index (χ0v) is 18.4. The molecule has 4 aromatic rings. The summed E-state index contributed by atoms with van der Waals surface area (Å²) in [5.74, 6) is 0.403. The Morgan fingerprint density at radius 2 is 1.93 bits per heavy atom. The van der Waals surface area contributed by atoms with Gasteiger partial charge < -0.3 is 5.32 Å². The van der Waals surface area contributed by atoms with Crippen molar-refractivity contribution in [1.29, 1.82) is 0 Å². The van der Waals surface area contributed by atoms with Gasteiger partial charge in [0.05, 0.1) is 17.0 Å². The third-order valence-corrected chi connectivity index (χ3v) is 6.01. The lowest BCUT2D eigenvalue weighted by atomic mass is 10.2. The number of nitrogens with one attached hydrogen (secondary N) is 1. The lowest BCUT2D eigenvalue weighted by Gasteiger charge is -2.07. The monoisotopic (exact) mass is 520 g/mol. The van der Waals surface area contributed by atoms with Crippen LogP contribution in [0.4, 0.5) is 5.82 Å². The minimum atomic E-state index is -0.180. The Morgan fingerprint density at radius 3 is 2.68 bits per heavy atom. The van der Waals surface area contributed by atoms with Crippen LogP contribution >= 0.6 is 45.5 Å². The number of carbonyl (C=O) groups excluding carboxylic acids is 1. The molecule has 2 aromatic heterocycles. The fourth-order valence-electron chi connectivity index (χ4n) is 2.68. The summed E-state index contributed by atoms with van der Waals surface area (Å²) < 4.78 is 2.55. The number of carbonyl (C=O) groups is 1. The van der Waals surface area contributed by atoms with Crippen LogP contribution in [0, 0.1) is 10.5 Å². The van der Waals surface area contributed by atoms with Crippen LogP contribution in [0.25, 0.3) is 16.4 Å². The lowest BCUT2D eigenvalue weighted by molar-refractivity contribution is 0.102. The molecule has 0 unspecified atom stereocenters. The Hall–Kier alpha value is -2.23. The average molecular weight is 521 g/mol. The Kier molecular flexibility index (Phi) is 5.47. The Labute approximate surface area is 184 Å². The fraction of sp³-hybridized carbons (Fsp3) is 0.0500. The van der Waals surface area contributed by atoms with E-state index in [1.807, 2.05) is 60.8 Å². The molecule has 0 aliphatic carbocycles. The first-order chi connectivity index (χ1) is 13.5. The molecule has 28 heavy (non-hydrogen) atoms. The number of benzene rings is 2. The Balaban J connectivity index is 1.64. The Morgan fingerprint density at radius 1 is 1.18 bits per heavy atom. The van der Waals surface area contributed by atoms with Crippen molar-refractivity contribution in [1.82, 2.24) is 14.8 Å². The van der Waals surface area contributed by atoms with E-state index in [2.05, 4.69) is 38.0 Å². The molecule has 0 fully saturated rings. The van der Waals surface area contributed by atoms with Crippen LogP contribution in [0.2, 0.25) is 5.02 Å². The van der Waals surface area contributed by atoms with Crippen molar-refractivity contribution in [2.75, 3.05) is 5.32 Å². The van der Waals surface area contributed by atoms with E-state index in [1.165, 1.54) is 11.3 Å². The van der Waals surface area contributed by atoms with E-state index in [9.17, 15) is 4.79 Å². The van der Waals surface area contributed by atoms with Crippen molar-refractivity contribution >= 4 is 57.3 Å². The molecule has 2 aromatic carbocycles. The van der Waals surface area contributed by atoms with Crippen molar-refractivity contribution in [2.45, 2.75) is 6.92 Å². The van der Waals surface area contributed by atoms with E-state index >= 15 is 0 Å². The molecule has 140 valence electrons. The molecule has 5 nitrogen and oxygen atoms in total. The number of rotatable bonds is 4. The zero-order chi connectivity index (χ0) is 19.7. The second-order valence-electron chi connectivity index (χ2n) is 6.04. The molecule has 0 bridgehead atoms. The number of aromatic nitrogens is 3. The molecule has 0 atom stereocenters. The normalized spacial score (nSPS) is 10.8. The van der Waals surface area contributed by atoms with Gasteiger partial charge in [0, 0.05) is 25.6 Å². The smallest absolute Gasteiger partial charge is 0.257 e. The minimum Gasteiger partial charge on any atom is -0.306 e. The van der Waals surface area contributed by atoms with Gasteiger partial charge in [0.25, 0.3) is 5.91 Å². The topological polar surface area (TPSA) is 59.8 Å². The number of hydrogen-bond acceptors (Lipinski definition) is 4. The summed E-state index contributed by atoms with van der Waals surface area (Å²) in [6, 6.07) is 16.8. The highest BCUT2D eigenvalue weighted by Gasteiger charge is 2.16. The summed E-state index contributed by atoms with van der Waals surface area (Å²) in [7, 11) is 0. The Bertz CT molecular complexity index is 1150. The molecular formula is C20H14ClIN4OS. The number of thiazole rings is 1. The molecule has 2 heterocycles. The van der Waals surface area contributed by atoms with Crippen LogP contribution in [0.1, 0.15) is 16.1 Å². The summed E-state index contributed by atoms with van der Waals surface area (Å²) in [5, 5.41) is 10.8. The summed E-state index contributed by atoms with van der Waals surface area (Å²) in [6.45, 7) is 1.88. The molecule has 0 radical (unpaired) electrons. The van der Waals surface area contributed by atoms with E-state index < -0.39 is 0 Å². The van der Waals surface area contributed by atoms with Crippen LogP contribution < -0.4 is 5.32 Å². The number of anilines is 1. The number of halogens is 2. The summed E-state index contributed by atoms with van der Waals surface area (Å²) >= 11 is 9.57. The largest absolute Gasteiger partial charge is 0.306 e. The second-order valence-corrected chi connectivity index (χ2v) is 8.47. The average Bonchev–Trinajstić information content (AvgIpc) is 3.29. The minimum absolute atomic E-state index is 0.180. The highest BCUT2D eigenvalue weighted by atomic mass is 127. The third-order valence-electron chi connectivity index (χ3n) is 4.00. The molecule has 8 heteroatoms. The number of amides is 1. The molecule has 0 saturated heterocycles. The summed E-state index contributed by atoms with van der Waals surface area (Å²) in [5.41, 5.74) is 3.22. The second kappa shape index (κ2) is 8.02. The standard InChI is InChI=1S/C20H14ClIN4OS/c1-12-10-18(24-19(27)15-4-2-3-5-16(15)22)26(25-12)20-23-17(11-28-20)13-6-8-14(21)9-7-13/h2-11H,1H3,(H,24,27). The lowest BCUT2D eigenvalue weighted by Crippen LogP contribution is -2.16. The first kappa shape index (κ1) is 19.1. The van der Waals surface area contributed by atoms with E-state index in [0.29, 0.717) is 21.5 Å². The fourth-order valence-corrected chi connectivity index (χ4v) is 4.23. The summed E-state index contributed by atoms with van der Waals surface area (Å²) in [4.78, 5) is 17.4. The van der Waals surface area contributed by atoms with Gasteiger partial charge in [-0.3, -0.25) is 4.79 Å². The number of aryl methyl sites for hydroxylation is 1. The van der Waals surface area contributed by atoms with Gasteiger partial charge in [0.1, 0.15) is 5.82 Å². The predicted molar refractivity (Wildman–Crippen MR) is 122 cm³/mol. The van der Waals surface area contributed by atoms with Crippen molar-refractivity contribution in [3.63, 3.8) is 0 Å². The van der Waals surface area contributed by atoms with Crippen molar-refractivity contribution in [2.24, 2.45) is 0 Å². The highest BCUT2D eigenvalue weighted by molar-refractivity contribution is 14.1. The van der Waals surface area contributed by atoms with Crippen LogP contribution in [-0.4, -0.2) is 20.7 Å². The van der Waals surface area contributed by atoms with Crippen molar-refractivity contribution in [3.8, 4) is 16.4 Å². The number of hydrogen-bond donors (Lipinski definition) is 1. The first-order valence-electron chi connectivity index (χ1n) is 8.35. The molecule has 4 rings (SSSR count). The van der Waals surface area contributed by atoms with Crippen LogP contribution in [0.3, 0.4) is 0 Å². The van der Waals surface area contributed by atoms with Crippen LogP contribution in [0.5, 0.6) is 0 Å². The molecule has 0 aliphatic rings.